The summed E-state index contributed by atoms with van der Waals surface area (Å²) in [5, 5.41) is 0. The highest BCUT2D eigenvalue weighted by atomic mass is 15.1. The van der Waals surface area contributed by atoms with Crippen molar-refractivity contribution < 1.29 is 0 Å². The van der Waals surface area contributed by atoms with E-state index in [1.54, 1.807) is 0 Å². The highest BCUT2D eigenvalue weighted by molar-refractivity contribution is 4.65. The van der Waals surface area contributed by atoms with E-state index in [1.807, 2.05) is 0 Å². The summed E-state index contributed by atoms with van der Waals surface area (Å²) in [5.41, 5.74) is 5.88. The fraction of sp³-hybridized carbons (Fsp3) is 1.00. The van der Waals surface area contributed by atoms with E-state index >= 15 is 0 Å². The van der Waals surface area contributed by atoms with Crippen LogP contribution in [0.4, 0.5) is 0 Å². The van der Waals surface area contributed by atoms with Gasteiger partial charge in [0, 0.05) is 12.1 Å². The molecule has 0 saturated heterocycles. The summed E-state index contributed by atoms with van der Waals surface area (Å²) in [6.07, 6.45) is 6.09. The van der Waals surface area contributed by atoms with Gasteiger partial charge in [-0.2, -0.15) is 0 Å². The van der Waals surface area contributed by atoms with Crippen LogP contribution in [-0.4, -0.2) is 30.6 Å². The first-order chi connectivity index (χ1) is 6.61. The lowest BCUT2D eigenvalue weighted by atomic mass is 10.1. The van der Waals surface area contributed by atoms with Crippen LogP contribution < -0.4 is 5.73 Å². The Morgan fingerprint density at radius 3 is 2.36 bits per heavy atom. The molecule has 0 saturated carbocycles. The molecule has 0 rings (SSSR count). The van der Waals surface area contributed by atoms with Gasteiger partial charge in [0.05, 0.1) is 0 Å². The molecular formula is C12H28N2. The Morgan fingerprint density at radius 2 is 1.86 bits per heavy atom. The molecule has 0 spiro atoms. The lowest BCUT2D eigenvalue weighted by Gasteiger charge is -2.24. The molecule has 0 aromatic rings. The molecule has 0 aromatic carbocycles. The Morgan fingerprint density at radius 1 is 1.21 bits per heavy atom. The summed E-state index contributed by atoms with van der Waals surface area (Å²) in [4.78, 5) is 2.45. The van der Waals surface area contributed by atoms with E-state index in [1.165, 1.54) is 32.2 Å². The zero-order chi connectivity index (χ0) is 11.0. The molecule has 14 heavy (non-hydrogen) atoms. The second-order valence-electron chi connectivity index (χ2n) is 4.43. The van der Waals surface area contributed by atoms with Gasteiger partial charge in [-0.3, -0.25) is 0 Å². The van der Waals surface area contributed by atoms with Crippen LogP contribution in [0.15, 0.2) is 0 Å². The summed E-state index contributed by atoms with van der Waals surface area (Å²) in [6.45, 7) is 7.91. The minimum absolute atomic E-state index is 0.407. The van der Waals surface area contributed by atoms with Crippen LogP contribution in [0.2, 0.25) is 0 Å². The Kier molecular flexibility index (Phi) is 8.20. The zero-order valence-electron chi connectivity index (χ0n) is 10.4. The van der Waals surface area contributed by atoms with Gasteiger partial charge < -0.3 is 10.6 Å². The maximum Gasteiger partial charge on any atom is 0.00637 e. The van der Waals surface area contributed by atoms with E-state index in [9.17, 15) is 0 Å². The number of hydrogen-bond donors (Lipinski definition) is 1. The van der Waals surface area contributed by atoms with E-state index in [-0.39, 0.29) is 0 Å². The molecule has 0 fully saturated rings. The standard InChI is InChI=1S/C12H28N2/c1-5-8-11(3)14(4)10-7-9-12(13)6-2/h11-12H,5-10,13H2,1-4H3. The van der Waals surface area contributed by atoms with Gasteiger partial charge in [-0.25, -0.2) is 0 Å². The first-order valence-corrected chi connectivity index (χ1v) is 6.07. The minimum Gasteiger partial charge on any atom is -0.328 e. The van der Waals surface area contributed by atoms with Crippen molar-refractivity contribution >= 4 is 0 Å². The highest BCUT2D eigenvalue weighted by Crippen LogP contribution is 2.06. The van der Waals surface area contributed by atoms with Crippen LogP contribution in [0.3, 0.4) is 0 Å². The largest absolute Gasteiger partial charge is 0.328 e. The lowest BCUT2D eigenvalue weighted by molar-refractivity contribution is 0.238. The van der Waals surface area contributed by atoms with Gasteiger partial charge in [-0.1, -0.05) is 20.3 Å². The Hall–Kier alpha value is -0.0800. The molecule has 2 atom stereocenters. The fourth-order valence-electron chi connectivity index (χ4n) is 1.67. The van der Waals surface area contributed by atoms with Crippen LogP contribution in [0.1, 0.15) is 52.9 Å². The van der Waals surface area contributed by atoms with Crippen molar-refractivity contribution in [2.24, 2.45) is 5.73 Å². The van der Waals surface area contributed by atoms with Gasteiger partial charge in [0.2, 0.25) is 0 Å². The average Bonchev–Trinajstić information content (AvgIpc) is 2.17. The van der Waals surface area contributed by atoms with Crippen LogP contribution in [0.25, 0.3) is 0 Å². The summed E-state index contributed by atoms with van der Waals surface area (Å²) < 4.78 is 0. The van der Waals surface area contributed by atoms with Crippen molar-refractivity contribution in [2.75, 3.05) is 13.6 Å². The molecule has 2 N–H and O–H groups in total. The quantitative estimate of drug-likeness (QED) is 0.652. The van der Waals surface area contributed by atoms with Crippen molar-refractivity contribution in [2.45, 2.75) is 65.0 Å². The van der Waals surface area contributed by atoms with Crippen LogP contribution in [0, 0.1) is 0 Å². The predicted molar refractivity (Wildman–Crippen MR) is 64.5 cm³/mol. The second kappa shape index (κ2) is 8.25. The van der Waals surface area contributed by atoms with Gasteiger partial charge in [0.1, 0.15) is 0 Å². The maximum absolute atomic E-state index is 5.88. The van der Waals surface area contributed by atoms with E-state index in [0.29, 0.717) is 6.04 Å². The van der Waals surface area contributed by atoms with Gasteiger partial charge in [-0.05, 0) is 46.2 Å². The Labute approximate surface area is 89.9 Å². The molecule has 2 heteroatoms. The highest BCUT2D eigenvalue weighted by Gasteiger charge is 2.07. The summed E-state index contributed by atoms with van der Waals surface area (Å²) in [5.74, 6) is 0. The second-order valence-corrected chi connectivity index (χ2v) is 4.43. The maximum atomic E-state index is 5.88. The van der Waals surface area contributed by atoms with Crippen molar-refractivity contribution in [3.8, 4) is 0 Å². The summed E-state index contributed by atoms with van der Waals surface area (Å²) in [6, 6.07) is 1.13. The van der Waals surface area contributed by atoms with E-state index in [4.69, 9.17) is 5.73 Å². The molecule has 0 bridgehead atoms. The van der Waals surface area contributed by atoms with Crippen LogP contribution in [-0.2, 0) is 0 Å². The van der Waals surface area contributed by atoms with Gasteiger partial charge in [-0.15, -0.1) is 0 Å². The Bertz CT molecular complexity index is 125. The van der Waals surface area contributed by atoms with E-state index in [2.05, 4.69) is 32.7 Å². The van der Waals surface area contributed by atoms with Gasteiger partial charge in [0.25, 0.3) is 0 Å². The third kappa shape index (κ3) is 6.39. The molecule has 0 aromatic heterocycles. The molecule has 2 unspecified atom stereocenters. The summed E-state index contributed by atoms with van der Waals surface area (Å²) >= 11 is 0. The SMILES string of the molecule is CCCC(C)N(C)CCCC(N)CC. The van der Waals surface area contributed by atoms with Gasteiger partial charge in [0.15, 0.2) is 0 Å². The first-order valence-electron chi connectivity index (χ1n) is 6.07. The summed E-state index contributed by atoms with van der Waals surface area (Å²) in [7, 11) is 2.22. The molecule has 0 radical (unpaired) electrons. The minimum atomic E-state index is 0.407. The van der Waals surface area contributed by atoms with Crippen molar-refractivity contribution in [3.63, 3.8) is 0 Å². The topological polar surface area (TPSA) is 29.3 Å². The van der Waals surface area contributed by atoms with Crippen molar-refractivity contribution in [1.29, 1.82) is 0 Å². The number of hydrogen-bond acceptors (Lipinski definition) is 2. The molecule has 86 valence electrons. The predicted octanol–water partition coefficient (Wildman–Crippen LogP) is 2.62. The molecule has 0 aliphatic carbocycles. The smallest absolute Gasteiger partial charge is 0.00637 e. The van der Waals surface area contributed by atoms with Crippen LogP contribution >= 0.6 is 0 Å². The monoisotopic (exact) mass is 200 g/mol. The molecule has 0 amide bonds. The molecular weight excluding hydrogens is 172 g/mol. The zero-order valence-corrected chi connectivity index (χ0v) is 10.4. The molecule has 0 aliphatic rings. The molecule has 0 heterocycles. The number of nitrogens with zero attached hydrogens (tertiary/aromatic N) is 1. The van der Waals surface area contributed by atoms with Gasteiger partial charge >= 0.3 is 0 Å². The van der Waals surface area contributed by atoms with E-state index < -0.39 is 0 Å². The fourth-order valence-corrected chi connectivity index (χ4v) is 1.67. The average molecular weight is 200 g/mol. The lowest BCUT2D eigenvalue weighted by Crippen LogP contribution is -2.31. The molecule has 2 nitrogen and oxygen atoms in total. The van der Waals surface area contributed by atoms with Crippen LogP contribution in [0.5, 0.6) is 0 Å². The third-order valence-corrected chi connectivity index (χ3v) is 3.07. The number of nitrogens with two attached hydrogens (primary N) is 1. The normalized spacial score (nSPS) is 15.9. The molecule has 0 aliphatic heterocycles. The van der Waals surface area contributed by atoms with E-state index in [0.717, 1.165) is 12.5 Å². The van der Waals surface area contributed by atoms with Crippen molar-refractivity contribution in [3.05, 3.63) is 0 Å². The first kappa shape index (κ1) is 13.9. The van der Waals surface area contributed by atoms with Crippen molar-refractivity contribution in [1.82, 2.24) is 4.90 Å². The number of rotatable bonds is 8. The Balaban J connectivity index is 3.47. The third-order valence-electron chi connectivity index (χ3n) is 3.07.